The Kier molecular flexibility index (Phi) is 4.77. The molecule has 0 saturated carbocycles. The van der Waals surface area contributed by atoms with Crippen molar-refractivity contribution in [3.05, 3.63) is 0 Å². The van der Waals surface area contributed by atoms with E-state index in [2.05, 4.69) is 0 Å². The summed E-state index contributed by atoms with van der Waals surface area (Å²) in [6, 6.07) is 0. The summed E-state index contributed by atoms with van der Waals surface area (Å²) in [7, 11) is -0.851. The number of nitrogens with zero attached hydrogens (tertiary/aromatic N) is 2. The van der Waals surface area contributed by atoms with Crippen molar-refractivity contribution in [2.24, 2.45) is 10.3 Å². The maximum Gasteiger partial charge on any atom is 0.427 e. The molecule has 0 aliphatic carbocycles. The van der Waals surface area contributed by atoms with E-state index in [4.69, 9.17) is 20.8 Å². The molecule has 48 valence electrons. The first-order chi connectivity index (χ1) is 4.20. The molecular weight excluding hydrogens is 176 g/mol. The van der Waals surface area contributed by atoms with Gasteiger partial charge in [-0.1, -0.05) is 0 Å². The topological polar surface area (TPSA) is 99.6 Å². The molecule has 4 nitrogen and oxygen atoms in total. The fourth-order valence-electron chi connectivity index (χ4n) is 0.109. The van der Waals surface area contributed by atoms with Gasteiger partial charge in [-0.25, -0.2) is 0 Å². The molecule has 0 saturated heterocycles. The van der Waals surface area contributed by atoms with Gasteiger partial charge in [-0.3, -0.25) is 0 Å². The Labute approximate surface area is 61.9 Å². The van der Waals surface area contributed by atoms with Crippen LogP contribution < -0.4 is 10.3 Å². The second-order valence-electron chi connectivity index (χ2n) is 0.845. The Morgan fingerprint density at radius 2 is 1.44 bits per heavy atom. The Balaban J connectivity index is 3.53. The highest BCUT2D eigenvalue weighted by Gasteiger charge is 2.33. The van der Waals surface area contributed by atoms with Crippen molar-refractivity contribution in [3.8, 4) is 10.8 Å². The summed E-state index contributed by atoms with van der Waals surface area (Å²) in [5, 5.41) is 30.1. The first-order valence-electron chi connectivity index (χ1n) is 1.66. The summed E-state index contributed by atoms with van der Waals surface area (Å²) in [5.74, 6) is 0. The van der Waals surface area contributed by atoms with Crippen LogP contribution >= 0.6 is 9.83 Å². The minimum absolute atomic E-state index is 0.920. The lowest BCUT2D eigenvalue weighted by Crippen LogP contribution is -2.13. The predicted octanol–water partition coefficient (Wildman–Crippen LogP) is -0.504. The van der Waals surface area contributed by atoms with Gasteiger partial charge >= 0.3 is 40.9 Å². The minimum Gasteiger partial charge on any atom is -0.132 e. The van der Waals surface area contributed by atoms with Gasteiger partial charge in [0.05, 0.1) is 0 Å². The van der Waals surface area contributed by atoms with E-state index in [0.717, 1.165) is 9.83 Å². The third-order valence-corrected chi connectivity index (χ3v) is 4.95. The first-order valence-corrected chi connectivity index (χ1v) is 6.09. The van der Waals surface area contributed by atoms with Gasteiger partial charge in [-0.05, 0) is 0 Å². The van der Waals surface area contributed by atoms with E-state index in [9.17, 15) is 0 Å². The molecule has 0 amide bonds. The smallest absolute Gasteiger partial charge is 0.132 e. The molecule has 7 heteroatoms. The summed E-state index contributed by atoms with van der Waals surface area (Å²) in [5.41, 5.74) is 0. The van der Waals surface area contributed by atoms with Gasteiger partial charge in [-0.2, -0.15) is 0 Å². The van der Waals surface area contributed by atoms with Gasteiger partial charge < -0.3 is 0 Å². The van der Waals surface area contributed by atoms with E-state index in [1.165, 1.54) is 0 Å². The van der Waals surface area contributed by atoms with Crippen molar-refractivity contribution >= 4 is 30.1 Å². The van der Waals surface area contributed by atoms with E-state index in [-0.39, 0.29) is 0 Å². The molecule has 0 fully saturated rings. The summed E-state index contributed by atoms with van der Waals surface area (Å²) in [6.07, 6.45) is 0. The van der Waals surface area contributed by atoms with Gasteiger partial charge in [0, 0.05) is 0 Å². The third-order valence-electron chi connectivity index (χ3n) is 0.327. The lowest BCUT2D eigenvalue weighted by atomic mass is 11.8. The van der Waals surface area contributed by atoms with Crippen LogP contribution in [0.25, 0.3) is 0 Å². The highest BCUT2D eigenvalue weighted by Crippen LogP contribution is 2.15. The molecule has 0 radical (unpaired) electrons. The van der Waals surface area contributed by atoms with Crippen LogP contribution in [0.3, 0.4) is 0 Å². The predicted molar refractivity (Wildman–Crippen MR) is 41.9 cm³/mol. The second-order valence-corrected chi connectivity index (χ2v) is 6.32. The quantitative estimate of drug-likeness (QED) is 0.339. The largest absolute Gasteiger partial charge is 0.427 e. The van der Waals surface area contributed by atoms with Gasteiger partial charge in [0.1, 0.15) is 0 Å². The maximum absolute atomic E-state index is 8.14. The van der Waals surface area contributed by atoms with E-state index < -0.39 is 20.2 Å². The van der Waals surface area contributed by atoms with Crippen molar-refractivity contribution in [1.82, 2.24) is 0 Å². The van der Waals surface area contributed by atoms with E-state index in [1.54, 1.807) is 10.8 Å². The molecule has 0 bridgehead atoms. The summed E-state index contributed by atoms with van der Waals surface area (Å²) < 4.78 is 0. The molecule has 0 aromatic rings. The molecule has 9 heavy (non-hydrogen) atoms. The van der Waals surface area contributed by atoms with Gasteiger partial charge in [0.2, 0.25) is 0 Å². The monoisotopic (exact) mass is 180 g/mol. The lowest BCUT2D eigenvalue weighted by Gasteiger charge is -1.74. The Morgan fingerprint density at radius 3 is 1.67 bits per heavy atom. The molecule has 0 aliphatic heterocycles. The number of nitrogens with two attached hydrogens (primary N) is 2. The molecule has 0 spiro atoms. The standard InChI is InChI=1S/C2H4N4S3/c3-1-8(5)7-9(6)2-4/h5-6H2/q+2. The number of thiocyanates is 2. The number of hydrogen-bond acceptors (Lipinski definition) is 5. The summed E-state index contributed by atoms with van der Waals surface area (Å²) in [6.45, 7) is 0. The van der Waals surface area contributed by atoms with E-state index >= 15 is 0 Å². The average molecular weight is 180 g/mol. The molecule has 0 aromatic heterocycles. The van der Waals surface area contributed by atoms with E-state index in [0.29, 0.717) is 0 Å². The zero-order chi connectivity index (χ0) is 7.28. The molecule has 0 rings (SSSR count). The van der Waals surface area contributed by atoms with Gasteiger partial charge in [-0.15, -0.1) is 20.8 Å². The summed E-state index contributed by atoms with van der Waals surface area (Å²) in [4.78, 5) is 0. The highest BCUT2D eigenvalue weighted by molar-refractivity contribution is 9.07. The molecule has 4 N–H and O–H groups in total. The Hall–Kier alpha value is -0.0500. The van der Waals surface area contributed by atoms with Crippen LogP contribution in [0.5, 0.6) is 0 Å². The van der Waals surface area contributed by atoms with Gasteiger partial charge in [0.25, 0.3) is 0 Å². The molecular formula is C2H4N4S3+2. The van der Waals surface area contributed by atoms with Crippen LogP contribution in [0, 0.1) is 21.3 Å². The van der Waals surface area contributed by atoms with Crippen molar-refractivity contribution in [3.63, 3.8) is 0 Å². The van der Waals surface area contributed by atoms with Crippen molar-refractivity contribution in [2.45, 2.75) is 0 Å². The van der Waals surface area contributed by atoms with Crippen LogP contribution in [0.4, 0.5) is 0 Å². The fraction of sp³-hybridized carbons (Fsp3) is 0. The number of nitriles is 2. The van der Waals surface area contributed by atoms with Crippen molar-refractivity contribution in [1.29, 1.82) is 10.5 Å². The molecule has 2 atom stereocenters. The zero-order valence-corrected chi connectivity index (χ0v) is 6.72. The van der Waals surface area contributed by atoms with Crippen LogP contribution in [0.2, 0.25) is 0 Å². The van der Waals surface area contributed by atoms with Crippen LogP contribution in [0.15, 0.2) is 0 Å². The van der Waals surface area contributed by atoms with Crippen LogP contribution in [-0.4, -0.2) is 0 Å². The molecule has 0 aliphatic rings. The third kappa shape index (κ3) is 4.45. The van der Waals surface area contributed by atoms with Crippen molar-refractivity contribution < 1.29 is 0 Å². The average Bonchev–Trinajstić information content (AvgIpc) is 1.87. The van der Waals surface area contributed by atoms with Crippen LogP contribution in [-0.2, 0) is 20.2 Å². The van der Waals surface area contributed by atoms with Crippen LogP contribution in [0.1, 0.15) is 0 Å². The summed E-state index contributed by atoms with van der Waals surface area (Å²) >= 11 is 0. The fourth-order valence-corrected chi connectivity index (χ4v) is 2.95. The SMILES string of the molecule is N#C[S+](N)S[S+](N)C#N. The zero-order valence-electron chi connectivity index (χ0n) is 4.27. The molecule has 2 unspecified atom stereocenters. The highest BCUT2D eigenvalue weighted by atomic mass is 33.5. The van der Waals surface area contributed by atoms with E-state index in [1.807, 2.05) is 0 Å². The van der Waals surface area contributed by atoms with Crippen molar-refractivity contribution in [2.75, 3.05) is 0 Å². The maximum atomic E-state index is 8.14. The molecule has 0 heterocycles. The minimum atomic E-state index is -0.920. The lowest BCUT2D eigenvalue weighted by molar-refractivity contribution is 1.56. The Morgan fingerprint density at radius 1 is 1.11 bits per heavy atom. The number of hydrogen-bond donors (Lipinski definition) is 2. The first kappa shape index (κ1) is 8.95. The number of rotatable bonds is 2. The molecule has 0 aromatic carbocycles. The van der Waals surface area contributed by atoms with Gasteiger partial charge in [0.15, 0.2) is 0 Å². The second kappa shape index (κ2) is 4.79. The normalized spacial score (nSPS) is 15.1. The Bertz CT molecular complexity index is 138.